The normalized spacial score (nSPS) is 12.2. The lowest BCUT2D eigenvalue weighted by molar-refractivity contribution is -0.146. The first-order valence-corrected chi connectivity index (χ1v) is 15.3. The molecule has 0 spiro atoms. The fraction of sp³-hybridized carbons (Fsp3) is 1.00. The van der Waals surface area contributed by atoms with Crippen molar-refractivity contribution >= 4 is 0 Å². The molecule has 0 aliphatic carbocycles. The maximum Gasteiger partial charge on any atom is 0.401 e. The molecule has 0 aliphatic heterocycles. The van der Waals surface area contributed by atoms with Gasteiger partial charge in [-0.1, -0.05) is 155 Å². The van der Waals surface area contributed by atoms with Crippen LogP contribution in [-0.2, 0) is 0 Å². The van der Waals surface area contributed by atoms with Gasteiger partial charge in [0.1, 0.15) is 0 Å². The number of alkyl halides is 3. The second-order valence-corrected chi connectivity index (χ2v) is 10.7. The van der Waals surface area contributed by atoms with Gasteiger partial charge in [0, 0.05) is 0 Å². The molecule has 0 amide bonds. The van der Waals surface area contributed by atoms with E-state index in [0.29, 0.717) is 13.1 Å². The van der Waals surface area contributed by atoms with Crippen LogP contribution in [0.4, 0.5) is 13.2 Å². The van der Waals surface area contributed by atoms with Crippen LogP contribution in [0.3, 0.4) is 0 Å². The maximum atomic E-state index is 13.0. The van der Waals surface area contributed by atoms with Gasteiger partial charge < -0.3 is 0 Å². The van der Waals surface area contributed by atoms with Crippen molar-refractivity contribution < 1.29 is 13.2 Å². The molecular formula is C30H60F3N. The summed E-state index contributed by atoms with van der Waals surface area (Å²) in [6, 6.07) is 0. The molecule has 0 saturated heterocycles. The summed E-state index contributed by atoms with van der Waals surface area (Å²) in [7, 11) is 0. The summed E-state index contributed by atoms with van der Waals surface area (Å²) in [6.07, 6.45) is 26.2. The Hall–Kier alpha value is -0.250. The lowest BCUT2D eigenvalue weighted by atomic mass is 10.0. The number of hydrogen-bond acceptors (Lipinski definition) is 1. The van der Waals surface area contributed by atoms with Crippen LogP contribution in [0.2, 0.25) is 0 Å². The van der Waals surface area contributed by atoms with Crippen molar-refractivity contribution in [2.45, 2.75) is 174 Å². The Labute approximate surface area is 212 Å². The largest absolute Gasteiger partial charge is 0.401 e. The zero-order chi connectivity index (χ0) is 25.2. The van der Waals surface area contributed by atoms with Gasteiger partial charge >= 0.3 is 6.18 Å². The van der Waals surface area contributed by atoms with Crippen LogP contribution in [0.15, 0.2) is 0 Å². The Kier molecular flexibility index (Phi) is 25.6. The monoisotopic (exact) mass is 491 g/mol. The second-order valence-electron chi connectivity index (χ2n) is 10.7. The minimum absolute atomic E-state index is 0.606. The Balaban J connectivity index is 3.64. The molecule has 0 N–H and O–H groups in total. The van der Waals surface area contributed by atoms with Crippen LogP contribution in [-0.4, -0.2) is 30.7 Å². The summed E-state index contributed by atoms with van der Waals surface area (Å²) < 4.78 is 38.9. The molecule has 206 valence electrons. The smallest absolute Gasteiger partial charge is 0.295 e. The highest BCUT2D eigenvalue weighted by Crippen LogP contribution is 2.19. The summed E-state index contributed by atoms with van der Waals surface area (Å²) >= 11 is 0. The van der Waals surface area contributed by atoms with Gasteiger partial charge in [-0.05, 0) is 25.9 Å². The van der Waals surface area contributed by atoms with Crippen LogP contribution in [0.25, 0.3) is 0 Å². The molecule has 34 heavy (non-hydrogen) atoms. The predicted octanol–water partition coefficient (Wildman–Crippen LogP) is 11.3. The summed E-state index contributed by atoms with van der Waals surface area (Å²) in [5, 5.41) is 0. The third-order valence-electron chi connectivity index (χ3n) is 7.06. The summed E-state index contributed by atoms with van der Waals surface area (Å²) in [4.78, 5) is 1.66. The molecule has 0 rings (SSSR count). The molecule has 1 nitrogen and oxygen atoms in total. The summed E-state index contributed by atoms with van der Waals surface area (Å²) in [5.41, 5.74) is 0. The Morgan fingerprint density at radius 3 is 0.853 bits per heavy atom. The molecule has 0 fully saturated rings. The Morgan fingerprint density at radius 1 is 0.382 bits per heavy atom. The minimum Gasteiger partial charge on any atom is -0.295 e. The third-order valence-corrected chi connectivity index (χ3v) is 7.06. The average Bonchev–Trinajstić information content (AvgIpc) is 2.79. The predicted molar refractivity (Wildman–Crippen MR) is 145 cm³/mol. The van der Waals surface area contributed by atoms with E-state index in [1.54, 1.807) is 4.90 Å². The van der Waals surface area contributed by atoms with Crippen molar-refractivity contribution in [2.24, 2.45) is 0 Å². The molecule has 0 unspecified atom stereocenters. The van der Waals surface area contributed by atoms with E-state index in [4.69, 9.17) is 0 Å². The van der Waals surface area contributed by atoms with Gasteiger partial charge in [0.15, 0.2) is 0 Å². The van der Waals surface area contributed by atoms with Crippen molar-refractivity contribution in [3.63, 3.8) is 0 Å². The van der Waals surface area contributed by atoms with Gasteiger partial charge in [0.05, 0.1) is 6.54 Å². The molecule has 0 bridgehead atoms. The van der Waals surface area contributed by atoms with Crippen LogP contribution >= 0.6 is 0 Å². The first-order valence-electron chi connectivity index (χ1n) is 15.3. The van der Waals surface area contributed by atoms with Crippen LogP contribution < -0.4 is 0 Å². The van der Waals surface area contributed by atoms with E-state index < -0.39 is 12.7 Å². The fourth-order valence-electron chi connectivity index (χ4n) is 4.88. The van der Waals surface area contributed by atoms with E-state index >= 15 is 0 Å². The molecule has 0 atom stereocenters. The quantitative estimate of drug-likeness (QED) is 0.103. The number of hydrogen-bond donors (Lipinski definition) is 0. The van der Waals surface area contributed by atoms with E-state index in [9.17, 15) is 13.2 Å². The van der Waals surface area contributed by atoms with Crippen molar-refractivity contribution in [2.75, 3.05) is 19.6 Å². The van der Waals surface area contributed by atoms with Gasteiger partial charge in [-0.3, -0.25) is 4.90 Å². The Bertz CT molecular complexity index is 356. The zero-order valence-electron chi connectivity index (χ0n) is 23.2. The van der Waals surface area contributed by atoms with Crippen LogP contribution in [0, 0.1) is 0 Å². The van der Waals surface area contributed by atoms with Gasteiger partial charge in [-0.2, -0.15) is 13.2 Å². The summed E-state index contributed by atoms with van der Waals surface area (Å²) in [6.45, 7) is 4.98. The minimum atomic E-state index is -4.08. The van der Waals surface area contributed by atoms with E-state index in [1.165, 1.54) is 128 Å². The van der Waals surface area contributed by atoms with E-state index in [2.05, 4.69) is 13.8 Å². The fourth-order valence-corrected chi connectivity index (χ4v) is 4.88. The number of unbranched alkanes of at least 4 members (excludes halogenated alkanes) is 22. The molecule has 0 aromatic rings. The average molecular weight is 492 g/mol. The summed E-state index contributed by atoms with van der Waals surface area (Å²) in [5.74, 6) is 0. The number of rotatable bonds is 27. The molecule has 0 heterocycles. The molecule has 0 saturated carbocycles. The van der Waals surface area contributed by atoms with E-state index in [0.717, 1.165) is 25.7 Å². The van der Waals surface area contributed by atoms with Gasteiger partial charge in [-0.15, -0.1) is 0 Å². The van der Waals surface area contributed by atoms with Crippen molar-refractivity contribution in [1.82, 2.24) is 4.90 Å². The Morgan fingerprint density at radius 2 is 0.618 bits per heavy atom. The molecular weight excluding hydrogens is 431 g/mol. The first kappa shape index (κ1) is 33.8. The van der Waals surface area contributed by atoms with Crippen molar-refractivity contribution in [3.05, 3.63) is 0 Å². The second kappa shape index (κ2) is 25.8. The topological polar surface area (TPSA) is 3.24 Å². The lowest BCUT2D eigenvalue weighted by Gasteiger charge is -2.23. The molecule has 0 aromatic carbocycles. The van der Waals surface area contributed by atoms with Crippen molar-refractivity contribution in [3.8, 4) is 0 Å². The maximum absolute atomic E-state index is 13.0. The SMILES string of the molecule is CCCCCCCCCCCCCCN(CCCCCCCCCCCCCC)CC(F)(F)F. The van der Waals surface area contributed by atoms with E-state index in [-0.39, 0.29) is 0 Å². The van der Waals surface area contributed by atoms with Crippen molar-refractivity contribution in [1.29, 1.82) is 0 Å². The number of halogens is 3. The highest BCUT2D eigenvalue weighted by molar-refractivity contribution is 4.64. The number of nitrogens with zero attached hydrogens (tertiary/aromatic N) is 1. The van der Waals surface area contributed by atoms with E-state index in [1.807, 2.05) is 0 Å². The van der Waals surface area contributed by atoms with Crippen LogP contribution in [0.1, 0.15) is 168 Å². The molecule has 0 aliphatic rings. The first-order chi connectivity index (χ1) is 16.5. The van der Waals surface area contributed by atoms with Crippen LogP contribution in [0.5, 0.6) is 0 Å². The van der Waals surface area contributed by atoms with Gasteiger partial charge in [0.2, 0.25) is 0 Å². The molecule has 4 heteroatoms. The third kappa shape index (κ3) is 28.0. The highest BCUT2D eigenvalue weighted by Gasteiger charge is 2.30. The lowest BCUT2D eigenvalue weighted by Crippen LogP contribution is -2.35. The van der Waals surface area contributed by atoms with Gasteiger partial charge in [-0.25, -0.2) is 0 Å². The standard InChI is InChI=1S/C30H60F3N/c1-3-5-7-9-11-13-15-17-19-21-23-25-27-34(29-30(31,32)33)28-26-24-22-20-18-16-14-12-10-8-6-4-2/h3-29H2,1-2H3. The molecule has 0 radical (unpaired) electrons. The highest BCUT2D eigenvalue weighted by atomic mass is 19.4. The molecule has 0 aromatic heterocycles. The van der Waals surface area contributed by atoms with Gasteiger partial charge in [0.25, 0.3) is 0 Å². The zero-order valence-corrected chi connectivity index (χ0v) is 23.2.